The second kappa shape index (κ2) is 6.22. The summed E-state index contributed by atoms with van der Waals surface area (Å²) in [7, 11) is 0. The highest BCUT2D eigenvalue weighted by atomic mass is 32.2. The SMILES string of the molecule is CCCCNC(=O)CC1CSc2nc3c(c(=O)n21)CCC3. The number of aromatic nitrogens is 2. The van der Waals surface area contributed by atoms with E-state index in [4.69, 9.17) is 0 Å². The number of hydrogen-bond donors (Lipinski definition) is 1. The summed E-state index contributed by atoms with van der Waals surface area (Å²) in [6, 6.07) is -0.0440. The van der Waals surface area contributed by atoms with Crippen molar-refractivity contribution in [3.8, 4) is 0 Å². The summed E-state index contributed by atoms with van der Waals surface area (Å²) < 4.78 is 1.76. The van der Waals surface area contributed by atoms with Gasteiger partial charge in [-0.1, -0.05) is 25.1 Å². The van der Waals surface area contributed by atoms with Crippen molar-refractivity contribution in [2.75, 3.05) is 12.3 Å². The van der Waals surface area contributed by atoms with Gasteiger partial charge in [0.05, 0.1) is 11.7 Å². The predicted octanol–water partition coefficient (Wildman–Crippen LogP) is 1.69. The van der Waals surface area contributed by atoms with Gasteiger partial charge in [0.1, 0.15) is 0 Å². The molecule has 0 saturated heterocycles. The first-order valence-electron chi connectivity index (χ1n) is 7.74. The van der Waals surface area contributed by atoms with Gasteiger partial charge >= 0.3 is 0 Å². The normalized spacial score (nSPS) is 19.4. The van der Waals surface area contributed by atoms with Crippen LogP contribution in [0, 0.1) is 0 Å². The van der Waals surface area contributed by atoms with Crippen LogP contribution in [-0.4, -0.2) is 27.8 Å². The third kappa shape index (κ3) is 2.86. The molecule has 6 heteroatoms. The molecular weight excluding hydrogens is 286 g/mol. The lowest BCUT2D eigenvalue weighted by Crippen LogP contribution is -2.32. The summed E-state index contributed by atoms with van der Waals surface area (Å²) in [5, 5.41) is 3.73. The molecule has 1 unspecified atom stereocenters. The Labute approximate surface area is 128 Å². The first kappa shape index (κ1) is 14.6. The van der Waals surface area contributed by atoms with E-state index in [2.05, 4.69) is 17.2 Å². The molecule has 1 aliphatic carbocycles. The number of carbonyl (C=O) groups is 1. The lowest BCUT2D eigenvalue weighted by Gasteiger charge is -2.14. The van der Waals surface area contributed by atoms with Crippen LogP contribution in [0.2, 0.25) is 0 Å². The molecule has 0 bridgehead atoms. The van der Waals surface area contributed by atoms with E-state index in [0.29, 0.717) is 6.42 Å². The van der Waals surface area contributed by atoms with E-state index in [1.807, 2.05) is 0 Å². The quantitative estimate of drug-likeness (QED) is 0.664. The van der Waals surface area contributed by atoms with Crippen molar-refractivity contribution in [1.82, 2.24) is 14.9 Å². The second-order valence-corrected chi connectivity index (χ2v) is 6.71. The number of hydrogen-bond acceptors (Lipinski definition) is 4. The van der Waals surface area contributed by atoms with E-state index in [9.17, 15) is 9.59 Å². The standard InChI is InChI=1S/C15H21N3O2S/c1-2-3-7-16-13(19)8-10-9-21-15-17-12-6-4-5-11(12)14(20)18(10)15/h10H,2-9H2,1H3,(H,16,19). The maximum absolute atomic E-state index is 12.6. The average molecular weight is 307 g/mol. The van der Waals surface area contributed by atoms with Gasteiger partial charge in [-0.3, -0.25) is 14.2 Å². The summed E-state index contributed by atoms with van der Waals surface area (Å²) in [6.07, 6.45) is 5.22. The van der Waals surface area contributed by atoms with E-state index in [1.165, 1.54) is 0 Å². The molecule has 0 radical (unpaired) electrons. The van der Waals surface area contributed by atoms with Crippen LogP contribution in [0.3, 0.4) is 0 Å². The van der Waals surface area contributed by atoms with Crippen LogP contribution in [0.4, 0.5) is 0 Å². The zero-order valence-electron chi connectivity index (χ0n) is 12.4. The fourth-order valence-electron chi connectivity index (χ4n) is 2.99. The van der Waals surface area contributed by atoms with Gasteiger partial charge in [-0.05, 0) is 25.7 Å². The fourth-order valence-corrected chi connectivity index (χ4v) is 4.15. The molecule has 21 heavy (non-hydrogen) atoms. The van der Waals surface area contributed by atoms with Crippen LogP contribution in [0.5, 0.6) is 0 Å². The van der Waals surface area contributed by atoms with E-state index < -0.39 is 0 Å². The number of rotatable bonds is 5. The fraction of sp³-hybridized carbons (Fsp3) is 0.667. The Bertz CT molecular complexity index is 612. The Balaban J connectivity index is 1.75. The molecule has 1 N–H and O–H groups in total. The van der Waals surface area contributed by atoms with Crippen LogP contribution >= 0.6 is 11.8 Å². The zero-order chi connectivity index (χ0) is 14.8. The number of carbonyl (C=O) groups excluding carboxylic acids is 1. The molecule has 0 fully saturated rings. The highest BCUT2D eigenvalue weighted by Crippen LogP contribution is 2.33. The first-order chi connectivity index (χ1) is 10.2. The average Bonchev–Trinajstić information content (AvgIpc) is 3.07. The van der Waals surface area contributed by atoms with E-state index in [1.54, 1.807) is 16.3 Å². The molecule has 1 aromatic rings. The maximum Gasteiger partial charge on any atom is 0.257 e. The minimum absolute atomic E-state index is 0.0364. The van der Waals surface area contributed by atoms with Crippen LogP contribution in [0.1, 0.15) is 49.9 Å². The predicted molar refractivity (Wildman–Crippen MR) is 82.8 cm³/mol. The van der Waals surface area contributed by atoms with E-state index in [-0.39, 0.29) is 17.5 Å². The van der Waals surface area contributed by atoms with E-state index in [0.717, 1.165) is 60.8 Å². The monoisotopic (exact) mass is 307 g/mol. The number of nitrogens with one attached hydrogen (secondary N) is 1. The Hall–Kier alpha value is -1.30. The minimum atomic E-state index is -0.0440. The molecule has 1 amide bonds. The van der Waals surface area contributed by atoms with Crippen molar-refractivity contribution >= 4 is 17.7 Å². The number of aryl methyl sites for hydroxylation is 1. The Morgan fingerprint density at radius 3 is 3.14 bits per heavy atom. The van der Waals surface area contributed by atoms with Gasteiger partial charge in [-0.25, -0.2) is 4.98 Å². The molecule has 1 aromatic heterocycles. The molecule has 2 heterocycles. The van der Waals surface area contributed by atoms with Crippen LogP contribution in [0.25, 0.3) is 0 Å². The van der Waals surface area contributed by atoms with Crippen molar-refractivity contribution in [1.29, 1.82) is 0 Å². The van der Waals surface area contributed by atoms with Crippen LogP contribution < -0.4 is 10.9 Å². The summed E-state index contributed by atoms with van der Waals surface area (Å²) in [6.45, 7) is 2.82. The smallest absolute Gasteiger partial charge is 0.257 e. The number of fused-ring (bicyclic) bond motifs is 2. The second-order valence-electron chi connectivity index (χ2n) is 5.72. The zero-order valence-corrected chi connectivity index (χ0v) is 13.2. The van der Waals surface area contributed by atoms with Crippen molar-refractivity contribution < 1.29 is 4.79 Å². The summed E-state index contributed by atoms with van der Waals surface area (Å²) in [5.41, 5.74) is 1.94. The molecule has 1 atom stereocenters. The van der Waals surface area contributed by atoms with Gasteiger partial charge in [0.2, 0.25) is 5.91 Å². The maximum atomic E-state index is 12.6. The molecule has 0 saturated carbocycles. The number of thioether (sulfide) groups is 1. The van der Waals surface area contributed by atoms with Gasteiger partial charge in [-0.2, -0.15) is 0 Å². The summed E-state index contributed by atoms with van der Waals surface area (Å²) in [5.74, 6) is 0.807. The van der Waals surface area contributed by atoms with Gasteiger partial charge in [0.15, 0.2) is 5.16 Å². The first-order valence-corrected chi connectivity index (χ1v) is 8.73. The van der Waals surface area contributed by atoms with Crippen LogP contribution in [-0.2, 0) is 17.6 Å². The highest BCUT2D eigenvalue weighted by molar-refractivity contribution is 7.99. The van der Waals surface area contributed by atoms with Gasteiger partial charge in [-0.15, -0.1) is 0 Å². The topological polar surface area (TPSA) is 64.0 Å². The number of nitrogens with zero attached hydrogens (tertiary/aromatic N) is 2. The van der Waals surface area contributed by atoms with Gasteiger partial charge in [0, 0.05) is 24.3 Å². The van der Waals surface area contributed by atoms with Crippen LogP contribution in [0.15, 0.2) is 9.95 Å². The summed E-state index contributed by atoms with van der Waals surface area (Å²) >= 11 is 1.60. The third-order valence-corrected chi connectivity index (χ3v) is 5.24. The van der Waals surface area contributed by atoms with Crippen molar-refractivity contribution in [3.05, 3.63) is 21.6 Å². The molecule has 0 spiro atoms. The lowest BCUT2D eigenvalue weighted by molar-refractivity contribution is -0.121. The van der Waals surface area contributed by atoms with Gasteiger partial charge in [0.25, 0.3) is 5.56 Å². The Morgan fingerprint density at radius 2 is 2.33 bits per heavy atom. The minimum Gasteiger partial charge on any atom is -0.356 e. The largest absolute Gasteiger partial charge is 0.356 e. The molecular formula is C15H21N3O2S. The number of unbranched alkanes of at least 4 members (excludes halogenated alkanes) is 1. The Kier molecular flexibility index (Phi) is 4.33. The summed E-state index contributed by atoms with van der Waals surface area (Å²) in [4.78, 5) is 29.2. The molecule has 3 rings (SSSR count). The van der Waals surface area contributed by atoms with Crippen molar-refractivity contribution in [2.45, 2.75) is 56.6 Å². The number of amides is 1. The highest BCUT2D eigenvalue weighted by Gasteiger charge is 2.30. The molecule has 0 aromatic carbocycles. The molecule has 5 nitrogen and oxygen atoms in total. The van der Waals surface area contributed by atoms with Gasteiger partial charge < -0.3 is 5.32 Å². The van der Waals surface area contributed by atoms with Crippen molar-refractivity contribution in [2.24, 2.45) is 0 Å². The molecule has 114 valence electrons. The molecule has 2 aliphatic rings. The third-order valence-electron chi connectivity index (χ3n) is 4.15. The Morgan fingerprint density at radius 1 is 1.48 bits per heavy atom. The van der Waals surface area contributed by atoms with Crippen molar-refractivity contribution in [3.63, 3.8) is 0 Å². The molecule has 1 aliphatic heterocycles. The lowest BCUT2D eigenvalue weighted by atomic mass is 10.2. The van der Waals surface area contributed by atoms with E-state index >= 15 is 0 Å².